The van der Waals surface area contributed by atoms with Gasteiger partial charge < -0.3 is 9.84 Å². The molecule has 0 aliphatic carbocycles. The summed E-state index contributed by atoms with van der Waals surface area (Å²) < 4.78 is 7.36. The monoisotopic (exact) mass is 517 g/mol. The van der Waals surface area contributed by atoms with Crippen LogP contribution in [0.15, 0.2) is 101 Å². The van der Waals surface area contributed by atoms with Crippen LogP contribution < -0.4 is 27.2 Å². The van der Waals surface area contributed by atoms with Gasteiger partial charge >= 0.3 is 11.7 Å². The normalized spacial score (nSPS) is 12.2. The second-order valence-corrected chi connectivity index (χ2v) is 12.3. The standard InChI is InChI=1S/C29H29N2O5P/c1-4-36-28(34)24(25-26(32)30(2)29(35)31(3)27(25)33)20-37(21-14-8-5-9-15-21,22-16-10-6-11-17-22)23-18-12-7-13-19-23/h5-19,24H,4,20H2,1-3H3/p+1. The highest BCUT2D eigenvalue weighted by atomic mass is 31.2. The lowest BCUT2D eigenvalue weighted by molar-refractivity contribution is -0.144. The highest BCUT2D eigenvalue weighted by Gasteiger charge is 2.50. The lowest BCUT2D eigenvalue weighted by Gasteiger charge is -2.30. The van der Waals surface area contributed by atoms with E-state index in [0.717, 1.165) is 25.0 Å². The van der Waals surface area contributed by atoms with Gasteiger partial charge in [0.15, 0.2) is 0 Å². The van der Waals surface area contributed by atoms with E-state index in [2.05, 4.69) is 0 Å². The van der Waals surface area contributed by atoms with Crippen molar-refractivity contribution in [3.63, 3.8) is 0 Å². The first kappa shape index (κ1) is 26.1. The number of carbonyl (C=O) groups is 1. The molecule has 8 heteroatoms. The Balaban J connectivity index is 2.09. The zero-order valence-corrected chi connectivity index (χ0v) is 22.0. The summed E-state index contributed by atoms with van der Waals surface area (Å²) in [7, 11) is 0.127. The van der Waals surface area contributed by atoms with E-state index in [4.69, 9.17) is 4.74 Å². The Hall–Kier alpha value is -3.96. The number of hydrogen-bond donors (Lipinski definition) is 1. The molecule has 0 amide bonds. The van der Waals surface area contributed by atoms with Crippen LogP contribution in [0.5, 0.6) is 5.88 Å². The van der Waals surface area contributed by atoms with Crippen molar-refractivity contribution in [2.45, 2.75) is 12.8 Å². The van der Waals surface area contributed by atoms with E-state index in [1.165, 1.54) is 14.1 Å². The first-order valence-electron chi connectivity index (χ1n) is 12.0. The van der Waals surface area contributed by atoms with Crippen molar-refractivity contribution in [1.29, 1.82) is 0 Å². The van der Waals surface area contributed by atoms with Crippen LogP contribution >= 0.6 is 7.26 Å². The van der Waals surface area contributed by atoms with Crippen molar-refractivity contribution in [3.05, 3.63) is 117 Å². The fourth-order valence-electron chi connectivity index (χ4n) is 4.78. The van der Waals surface area contributed by atoms with Gasteiger partial charge in [0.05, 0.1) is 18.3 Å². The molecule has 1 N–H and O–H groups in total. The quantitative estimate of drug-likeness (QED) is 0.287. The molecule has 3 aromatic carbocycles. The Kier molecular flexibility index (Phi) is 7.74. The van der Waals surface area contributed by atoms with Gasteiger partial charge in [-0.3, -0.25) is 18.7 Å². The smallest absolute Gasteiger partial charge is 0.333 e. The van der Waals surface area contributed by atoms with Crippen LogP contribution in [-0.4, -0.2) is 33.0 Å². The summed E-state index contributed by atoms with van der Waals surface area (Å²) in [5.74, 6) is -2.28. The molecular formula is C29H30N2O5P+. The number of ether oxygens (including phenoxy) is 1. The molecule has 0 spiro atoms. The molecule has 1 atom stereocenters. The summed E-state index contributed by atoms with van der Waals surface area (Å²) in [6.45, 7) is 1.80. The molecule has 4 rings (SSSR count). The molecule has 0 saturated carbocycles. The van der Waals surface area contributed by atoms with Crippen molar-refractivity contribution in [3.8, 4) is 5.88 Å². The topological polar surface area (TPSA) is 90.5 Å². The van der Waals surface area contributed by atoms with E-state index < -0.39 is 36.3 Å². The van der Waals surface area contributed by atoms with E-state index >= 15 is 0 Å². The number of nitrogens with zero attached hydrogens (tertiary/aromatic N) is 2. The van der Waals surface area contributed by atoms with E-state index in [-0.39, 0.29) is 18.3 Å². The second-order valence-electron chi connectivity index (χ2n) is 8.75. The van der Waals surface area contributed by atoms with Crippen LogP contribution in [-0.2, 0) is 23.6 Å². The molecule has 0 aliphatic heterocycles. The molecule has 7 nitrogen and oxygen atoms in total. The fraction of sp³-hybridized carbons (Fsp3) is 0.207. The predicted molar refractivity (Wildman–Crippen MR) is 148 cm³/mol. The number of benzene rings is 3. The zero-order chi connectivity index (χ0) is 26.6. The summed E-state index contributed by atoms with van der Waals surface area (Å²) in [6.07, 6.45) is 0.185. The highest BCUT2D eigenvalue weighted by Crippen LogP contribution is 2.58. The van der Waals surface area contributed by atoms with Gasteiger partial charge in [-0.2, -0.15) is 0 Å². The molecule has 0 radical (unpaired) electrons. The Bertz CT molecular complexity index is 1400. The third-order valence-electron chi connectivity index (χ3n) is 6.63. The summed E-state index contributed by atoms with van der Waals surface area (Å²) >= 11 is 0. The number of carbonyl (C=O) groups excluding carboxylic acids is 1. The number of rotatable bonds is 8. The van der Waals surface area contributed by atoms with Crippen LogP contribution in [0, 0.1) is 0 Å². The second kappa shape index (κ2) is 11.0. The van der Waals surface area contributed by atoms with Gasteiger partial charge in [-0.25, -0.2) is 4.79 Å². The van der Waals surface area contributed by atoms with Crippen LogP contribution in [0.1, 0.15) is 18.4 Å². The average molecular weight is 518 g/mol. The number of hydrogen-bond acceptors (Lipinski definition) is 5. The highest BCUT2D eigenvalue weighted by molar-refractivity contribution is 7.95. The molecule has 1 aromatic heterocycles. The summed E-state index contributed by atoms with van der Waals surface area (Å²) in [6, 6.07) is 29.8. The SMILES string of the molecule is CCOC(=O)C(C[P+](c1ccccc1)(c1ccccc1)c1ccccc1)c1c(O)n(C)c(=O)n(C)c1=O. The molecule has 190 valence electrons. The largest absolute Gasteiger partial charge is 0.494 e. The van der Waals surface area contributed by atoms with E-state index in [1.807, 2.05) is 91.0 Å². The third-order valence-corrected chi connectivity index (χ3v) is 11.1. The van der Waals surface area contributed by atoms with Gasteiger partial charge in [0, 0.05) is 14.1 Å². The first-order valence-corrected chi connectivity index (χ1v) is 14.0. The molecule has 0 fully saturated rings. The molecule has 37 heavy (non-hydrogen) atoms. The van der Waals surface area contributed by atoms with Gasteiger partial charge in [-0.05, 0) is 43.3 Å². The Labute approximate surface area is 215 Å². The van der Waals surface area contributed by atoms with Gasteiger partial charge in [-0.1, -0.05) is 54.6 Å². The van der Waals surface area contributed by atoms with Crippen molar-refractivity contribution in [2.24, 2.45) is 14.1 Å². The first-order chi connectivity index (χ1) is 17.8. The van der Waals surface area contributed by atoms with Crippen LogP contribution in [0.2, 0.25) is 0 Å². The molecule has 4 aromatic rings. The minimum absolute atomic E-state index is 0.107. The maximum Gasteiger partial charge on any atom is 0.333 e. The van der Waals surface area contributed by atoms with E-state index in [0.29, 0.717) is 0 Å². The van der Waals surface area contributed by atoms with Crippen molar-refractivity contribution < 1.29 is 14.6 Å². The molecule has 1 heterocycles. The summed E-state index contributed by atoms with van der Waals surface area (Å²) in [5.41, 5.74) is -1.54. The number of esters is 1. The lowest BCUT2D eigenvalue weighted by Crippen LogP contribution is -2.43. The van der Waals surface area contributed by atoms with E-state index in [9.17, 15) is 19.5 Å². The predicted octanol–water partition coefficient (Wildman–Crippen LogP) is 2.43. The molecule has 0 aliphatic rings. The van der Waals surface area contributed by atoms with Crippen LogP contribution in [0.25, 0.3) is 0 Å². The number of aromatic hydroxyl groups is 1. The Morgan fingerprint density at radius 2 is 1.24 bits per heavy atom. The molecule has 1 unspecified atom stereocenters. The average Bonchev–Trinajstić information content (AvgIpc) is 2.94. The molecule has 0 bridgehead atoms. The van der Waals surface area contributed by atoms with Gasteiger partial charge in [0.2, 0.25) is 5.88 Å². The summed E-state index contributed by atoms with van der Waals surface area (Å²) in [4.78, 5) is 39.5. The van der Waals surface area contributed by atoms with Gasteiger partial charge in [0.1, 0.15) is 29.1 Å². The minimum atomic E-state index is -2.58. The van der Waals surface area contributed by atoms with Crippen LogP contribution in [0.4, 0.5) is 0 Å². The van der Waals surface area contributed by atoms with Gasteiger partial charge in [0.25, 0.3) is 5.56 Å². The van der Waals surface area contributed by atoms with E-state index in [1.54, 1.807) is 6.92 Å². The van der Waals surface area contributed by atoms with Crippen molar-refractivity contribution in [2.75, 3.05) is 12.8 Å². The fourth-order valence-corrected chi connectivity index (χ4v) is 9.23. The molecule has 0 saturated heterocycles. The maximum atomic E-state index is 13.6. The van der Waals surface area contributed by atoms with Crippen molar-refractivity contribution >= 4 is 29.1 Å². The molecular weight excluding hydrogens is 487 g/mol. The Morgan fingerprint density at radius 3 is 1.65 bits per heavy atom. The van der Waals surface area contributed by atoms with Crippen LogP contribution in [0.3, 0.4) is 0 Å². The third kappa shape index (κ3) is 4.75. The minimum Gasteiger partial charge on any atom is -0.494 e. The van der Waals surface area contributed by atoms with Crippen molar-refractivity contribution in [1.82, 2.24) is 9.13 Å². The summed E-state index contributed by atoms with van der Waals surface area (Å²) in [5, 5.41) is 14.1. The number of aromatic nitrogens is 2. The van der Waals surface area contributed by atoms with Gasteiger partial charge in [-0.15, -0.1) is 0 Å². The lowest BCUT2D eigenvalue weighted by atomic mass is 10.0. The zero-order valence-electron chi connectivity index (χ0n) is 21.1. The maximum absolute atomic E-state index is 13.6. The Morgan fingerprint density at radius 1 is 0.811 bits per heavy atom.